The van der Waals surface area contributed by atoms with E-state index in [0.29, 0.717) is 12.1 Å². The zero-order chi connectivity index (χ0) is 15.5. The van der Waals surface area contributed by atoms with Crippen LogP contribution in [-0.4, -0.2) is 22.6 Å². The Labute approximate surface area is 116 Å². The van der Waals surface area contributed by atoms with Gasteiger partial charge in [-0.3, -0.25) is 4.79 Å². The number of rotatable bonds is 4. The SMILES string of the molecule is O=C(NCCc1ncno1)c1ccc(F)c(C(F)(F)F)c1. The van der Waals surface area contributed by atoms with Crippen molar-refractivity contribution < 1.29 is 26.9 Å². The van der Waals surface area contributed by atoms with E-state index in [9.17, 15) is 22.4 Å². The van der Waals surface area contributed by atoms with Gasteiger partial charge in [-0.15, -0.1) is 0 Å². The van der Waals surface area contributed by atoms with Crippen molar-refractivity contribution >= 4 is 5.91 Å². The summed E-state index contributed by atoms with van der Waals surface area (Å²) in [6, 6.07) is 2.06. The second kappa shape index (κ2) is 5.90. The molecule has 0 saturated heterocycles. The van der Waals surface area contributed by atoms with Crippen LogP contribution in [0.1, 0.15) is 21.8 Å². The quantitative estimate of drug-likeness (QED) is 0.879. The fourth-order valence-electron chi connectivity index (χ4n) is 1.57. The van der Waals surface area contributed by atoms with Gasteiger partial charge in [0.05, 0.1) is 5.56 Å². The van der Waals surface area contributed by atoms with Crippen LogP contribution in [0.3, 0.4) is 0 Å². The highest BCUT2D eigenvalue weighted by Crippen LogP contribution is 2.31. The summed E-state index contributed by atoms with van der Waals surface area (Å²) in [6.07, 6.45) is -3.43. The molecular formula is C12H9F4N3O2. The van der Waals surface area contributed by atoms with Crippen molar-refractivity contribution in [2.24, 2.45) is 0 Å². The van der Waals surface area contributed by atoms with Crippen LogP contribution < -0.4 is 5.32 Å². The van der Waals surface area contributed by atoms with E-state index < -0.39 is 23.5 Å². The molecule has 9 heteroatoms. The van der Waals surface area contributed by atoms with Gasteiger partial charge >= 0.3 is 6.18 Å². The highest BCUT2D eigenvalue weighted by Gasteiger charge is 2.34. The van der Waals surface area contributed by atoms with Gasteiger partial charge in [0.25, 0.3) is 5.91 Å². The molecule has 0 spiro atoms. The van der Waals surface area contributed by atoms with Gasteiger partial charge in [-0.1, -0.05) is 5.16 Å². The molecule has 1 N–H and O–H groups in total. The van der Waals surface area contributed by atoms with Crippen molar-refractivity contribution in [1.82, 2.24) is 15.5 Å². The van der Waals surface area contributed by atoms with Crippen LogP contribution in [0, 0.1) is 5.82 Å². The fraction of sp³-hybridized carbons (Fsp3) is 0.250. The Hall–Kier alpha value is -2.45. The molecule has 2 rings (SSSR count). The number of carbonyl (C=O) groups is 1. The van der Waals surface area contributed by atoms with Crippen molar-refractivity contribution in [3.8, 4) is 0 Å². The van der Waals surface area contributed by atoms with Gasteiger partial charge in [-0.2, -0.15) is 18.2 Å². The van der Waals surface area contributed by atoms with E-state index in [0.717, 1.165) is 6.07 Å². The third-order valence-corrected chi connectivity index (χ3v) is 2.57. The summed E-state index contributed by atoms with van der Waals surface area (Å²) < 4.78 is 55.4. The molecule has 2 aromatic rings. The number of nitrogens with zero attached hydrogens (tertiary/aromatic N) is 2. The topological polar surface area (TPSA) is 68.0 Å². The van der Waals surface area contributed by atoms with Crippen LogP contribution >= 0.6 is 0 Å². The number of aromatic nitrogens is 2. The largest absolute Gasteiger partial charge is 0.419 e. The first-order valence-corrected chi connectivity index (χ1v) is 5.78. The number of halogens is 4. The number of amides is 1. The lowest BCUT2D eigenvalue weighted by molar-refractivity contribution is -0.140. The van der Waals surface area contributed by atoms with Gasteiger partial charge in [0.2, 0.25) is 5.89 Å². The van der Waals surface area contributed by atoms with Crippen LogP contribution in [0.2, 0.25) is 0 Å². The Bertz CT molecular complexity index is 626. The molecule has 1 aromatic heterocycles. The van der Waals surface area contributed by atoms with Gasteiger partial charge < -0.3 is 9.84 Å². The molecule has 0 saturated carbocycles. The minimum absolute atomic E-state index is 0.0970. The maximum atomic E-state index is 13.1. The minimum Gasteiger partial charge on any atom is -0.352 e. The number of hydrogen-bond donors (Lipinski definition) is 1. The fourth-order valence-corrected chi connectivity index (χ4v) is 1.57. The smallest absolute Gasteiger partial charge is 0.352 e. The lowest BCUT2D eigenvalue weighted by Crippen LogP contribution is -2.26. The van der Waals surface area contributed by atoms with Crippen molar-refractivity contribution in [1.29, 1.82) is 0 Å². The zero-order valence-electron chi connectivity index (χ0n) is 10.4. The normalized spacial score (nSPS) is 11.4. The molecule has 1 amide bonds. The summed E-state index contributed by atoms with van der Waals surface area (Å²) >= 11 is 0. The molecule has 0 aliphatic carbocycles. The van der Waals surface area contributed by atoms with Crippen molar-refractivity contribution in [2.75, 3.05) is 6.54 Å². The Kier molecular flexibility index (Phi) is 4.20. The van der Waals surface area contributed by atoms with E-state index in [1.807, 2.05) is 0 Å². The maximum Gasteiger partial charge on any atom is 0.419 e. The number of nitrogens with one attached hydrogen (secondary N) is 1. The minimum atomic E-state index is -4.86. The van der Waals surface area contributed by atoms with Crippen molar-refractivity contribution in [3.63, 3.8) is 0 Å². The van der Waals surface area contributed by atoms with Gasteiger partial charge in [0.15, 0.2) is 6.33 Å². The van der Waals surface area contributed by atoms with Crippen LogP contribution in [0.4, 0.5) is 17.6 Å². The van der Waals surface area contributed by atoms with Gasteiger partial charge in [0, 0.05) is 18.5 Å². The van der Waals surface area contributed by atoms with E-state index >= 15 is 0 Å². The molecule has 0 atom stereocenters. The molecule has 0 fully saturated rings. The molecule has 0 bridgehead atoms. The molecule has 112 valence electrons. The highest BCUT2D eigenvalue weighted by molar-refractivity contribution is 5.94. The summed E-state index contributed by atoms with van der Waals surface area (Å²) in [7, 11) is 0. The molecule has 0 aliphatic rings. The summed E-state index contributed by atoms with van der Waals surface area (Å²) in [5.41, 5.74) is -1.76. The third kappa shape index (κ3) is 3.77. The van der Waals surface area contributed by atoms with E-state index in [1.165, 1.54) is 6.33 Å². The van der Waals surface area contributed by atoms with Crippen LogP contribution in [-0.2, 0) is 12.6 Å². The number of carbonyl (C=O) groups excluding carboxylic acids is 1. The molecule has 5 nitrogen and oxygen atoms in total. The first kappa shape index (κ1) is 14.9. The Morgan fingerprint density at radius 3 is 2.71 bits per heavy atom. The number of alkyl halides is 3. The molecular weight excluding hydrogens is 294 g/mol. The molecule has 1 heterocycles. The van der Waals surface area contributed by atoms with Gasteiger partial charge in [-0.05, 0) is 18.2 Å². The predicted octanol–water partition coefficient (Wildman–Crippen LogP) is 2.20. The molecule has 0 unspecified atom stereocenters. The van der Waals surface area contributed by atoms with Gasteiger partial charge in [-0.25, -0.2) is 4.39 Å². The van der Waals surface area contributed by atoms with Crippen molar-refractivity contribution in [3.05, 3.63) is 47.4 Å². The van der Waals surface area contributed by atoms with E-state index in [1.54, 1.807) is 0 Å². The monoisotopic (exact) mass is 303 g/mol. The summed E-state index contributed by atoms with van der Waals surface area (Å²) in [5.74, 6) is -1.89. The average Bonchev–Trinajstić information content (AvgIpc) is 2.91. The van der Waals surface area contributed by atoms with E-state index in [-0.39, 0.29) is 24.4 Å². The van der Waals surface area contributed by atoms with Crippen LogP contribution in [0.5, 0.6) is 0 Å². The van der Waals surface area contributed by atoms with E-state index in [4.69, 9.17) is 0 Å². The predicted molar refractivity (Wildman–Crippen MR) is 61.7 cm³/mol. The lowest BCUT2D eigenvalue weighted by Gasteiger charge is -2.10. The summed E-state index contributed by atoms with van der Waals surface area (Å²) in [5, 5.41) is 5.74. The molecule has 0 radical (unpaired) electrons. The molecule has 0 aliphatic heterocycles. The van der Waals surface area contributed by atoms with Crippen molar-refractivity contribution in [2.45, 2.75) is 12.6 Å². The molecule has 21 heavy (non-hydrogen) atoms. The van der Waals surface area contributed by atoms with Crippen LogP contribution in [0.25, 0.3) is 0 Å². The Morgan fingerprint density at radius 2 is 2.10 bits per heavy atom. The number of hydrogen-bond acceptors (Lipinski definition) is 4. The van der Waals surface area contributed by atoms with Crippen LogP contribution in [0.15, 0.2) is 29.0 Å². The second-order valence-electron chi connectivity index (χ2n) is 4.03. The standard InChI is InChI=1S/C12H9F4N3O2/c13-9-2-1-7(5-8(9)12(14,15)16)11(20)17-4-3-10-18-6-19-21-10/h1-2,5-6H,3-4H2,(H,17,20). The summed E-state index contributed by atoms with van der Waals surface area (Å²) in [4.78, 5) is 15.4. The molecule has 1 aromatic carbocycles. The average molecular weight is 303 g/mol. The Morgan fingerprint density at radius 1 is 1.33 bits per heavy atom. The highest BCUT2D eigenvalue weighted by atomic mass is 19.4. The first-order valence-electron chi connectivity index (χ1n) is 5.78. The van der Waals surface area contributed by atoms with E-state index in [2.05, 4.69) is 20.0 Å². The van der Waals surface area contributed by atoms with Gasteiger partial charge in [0.1, 0.15) is 5.82 Å². The maximum absolute atomic E-state index is 13.1. The number of benzene rings is 1. The third-order valence-electron chi connectivity index (χ3n) is 2.57. The Balaban J connectivity index is 2.02. The summed E-state index contributed by atoms with van der Waals surface area (Å²) in [6.45, 7) is 0.0970. The second-order valence-corrected chi connectivity index (χ2v) is 4.03. The lowest BCUT2D eigenvalue weighted by atomic mass is 10.1. The first-order chi connectivity index (χ1) is 9.88. The zero-order valence-corrected chi connectivity index (χ0v) is 10.4.